The molecule has 3 rings (SSSR count). The fourth-order valence-electron chi connectivity index (χ4n) is 4.47. The number of benzene rings is 1. The fraction of sp³-hybridized carbons (Fsp3) is 0.636. The van der Waals surface area contributed by atoms with Crippen molar-refractivity contribution in [2.75, 3.05) is 44.3 Å². The Morgan fingerprint density at radius 3 is 2.59 bits per heavy atom. The van der Waals surface area contributed by atoms with Gasteiger partial charge >= 0.3 is 0 Å². The summed E-state index contributed by atoms with van der Waals surface area (Å²) in [5.41, 5.74) is 0.678. The van der Waals surface area contributed by atoms with Gasteiger partial charge in [0.15, 0.2) is 0 Å². The van der Waals surface area contributed by atoms with E-state index in [1.807, 2.05) is 18.2 Å². The number of morpholine rings is 1. The molecule has 2 aliphatic heterocycles. The van der Waals surface area contributed by atoms with E-state index in [0.717, 1.165) is 39.1 Å². The average molecular weight is 422 g/mol. The highest BCUT2D eigenvalue weighted by molar-refractivity contribution is 6.33. The average Bonchev–Trinajstić information content (AvgIpc) is 3.13. The van der Waals surface area contributed by atoms with Gasteiger partial charge in [0.1, 0.15) is 0 Å². The molecule has 2 saturated heterocycles. The molecule has 2 fully saturated rings. The van der Waals surface area contributed by atoms with Gasteiger partial charge in [-0.05, 0) is 18.1 Å². The minimum Gasteiger partial charge on any atom is -0.379 e. The first-order valence-electron chi connectivity index (χ1n) is 10.7. The maximum Gasteiger partial charge on any atom is 0.227 e. The van der Waals surface area contributed by atoms with Crippen LogP contribution in [0.15, 0.2) is 24.3 Å². The lowest BCUT2D eigenvalue weighted by Gasteiger charge is -2.39. The predicted octanol–water partition coefficient (Wildman–Crippen LogP) is 2.95. The highest BCUT2D eigenvalue weighted by Crippen LogP contribution is 2.31. The first kappa shape index (κ1) is 22.1. The molecule has 2 atom stereocenters. The Labute approximate surface area is 178 Å². The number of rotatable bonds is 8. The maximum absolute atomic E-state index is 12.9. The summed E-state index contributed by atoms with van der Waals surface area (Å²) in [6.07, 6.45) is 2.39. The largest absolute Gasteiger partial charge is 0.379 e. The summed E-state index contributed by atoms with van der Waals surface area (Å²) in [6, 6.07) is 7.57. The van der Waals surface area contributed by atoms with Crippen LogP contribution in [0, 0.1) is 11.8 Å². The second-order valence-electron chi connectivity index (χ2n) is 7.89. The standard InChI is InChI=1S/C22H32ClN3O3/c1-3-16(4-2)20(25-9-11-29-12-10-25)14-24-22(28)17-13-21(27)26(15-17)19-8-6-5-7-18(19)23/h5-8,16-17,20H,3-4,9-15H2,1-2H3,(H,24,28). The molecule has 2 unspecified atom stereocenters. The zero-order chi connectivity index (χ0) is 20.8. The van der Waals surface area contributed by atoms with Gasteiger partial charge in [-0.3, -0.25) is 14.5 Å². The molecule has 1 N–H and O–H groups in total. The third kappa shape index (κ3) is 5.30. The lowest BCUT2D eigenvalue weighted by Crippen LogP contribution is -2.52. The molecule has 0 aliphatic carbocycles. The summed E-state index contributed by atoms with van der Waals surface area (Å²) in [7, 11) is 0. The van der Waals surface area contributed by atoms with Crippen molar-refractivity contribution in [2.45, 2.75) is 39.2 Å². The van der Waals surface area contributed by atoms with Crippen molar-refractivity contribution in [2.24, 2.45) is 11.8 Å². The van der Waals surface area contributed by atoms with Crippen molar-refractivity contribution in [1.82, 2.24) is 10.2 Å². The molecule has 160 valence electrons. The molecule has 0 bridgehead atoms. The highest BCUT2D eigenvalue weighted by Gasteiger charge is 2.36. The zero-order valence-electron chi connectivity index (χ0n) is 17.4. The molecule has 0 aromatic heterocycles. The van der Waals surface area contributed by atoms with Crippen LogP contribution in [0.25, 0.3) is 0 Å². The third-order valence-electron chi connectivity index (χ3n) is 6.23. The summed E-state index contributed by atoms with van der Waals surface area (Å²) < 4.78 is 5.50. The normalized spacial score (nSPS) is 21.6. The topological polar surface area (TPSA) is 61.9 Å². The smallest absolute Gasteiger partial charge is 0.227 e. The van der Waals surface area contributed by atoms with E-state index in [0.29, 0.717) is 35.8 Å². The molecule has 0 spiro atoms. The van der Waals surface area contributed by atoms with E-state index in [1.165, 1.54) is 0 Å². The Morgan fingerprint density at radius 1 is 1.24 bits per heavy atom. The highest BCUT2D eigenvalue weighted by atomic mass is 35.5. The Morgan fingerprint density at radius 2 is 1.93 bits per heavy atom. The van der Waals surface area contributed by atoms with Crippen LogP contribution < -0.4 is 10.2 Å². The number of nitrogens with one attached hydrogen (secondary N) is 1. The summed E-state index contributed by atoms with van der Waals surface area (Å²) >= 11 is 6.24. The van der Waals surface area contributed by atoms with Crippen LogP contribution >= 0.6 is 11.6 Å². The molecule has 2 amide bonds. The monoisotopic (exact) mass is 421 g/mol. The van der Waals surface area contributed by atoms with Crippen LogP contribution in [0.4, 0.5) is 5.69 Å². The van der Waals surface area contributed by atoms with Gasteiger partial charge in [0, 0.05) is 38.6 Å². The van der Waals surface area contributed by atoms with Crippen LogP contribution in [0.3, 0.4) is 0 Å². The van der Waals surface area contributed by atoms with E-state index in [-0.39, 0.29) is 24.2 Å². The van der Waals surface area contributed by atoms with Crippen LogP contribution in [0.2, 0.25) is 5.02 Å². The SMILES string of the molecule is CCC(CC)C(CNC(=O)C1CC(=O)N(c2ccccc2Cl)C1)N1CCOCC1. The lowest BCUT2D eigenvalue weighted by atomic mass is 9.92. The molecule has 6 nitrogen and oxygen atoms in total. The Bertz CT molecular complexity index is 704. The number of ether oxygens (including phenoxy) is 1. The summed E-state index contributed by atoms with van der Waals surface area (Å²) in [5, 5.41) is 3.68. The summed E-state index contributed by atoms with van der Waals surface area (Å²) in [5.74, 6) is 0.0872. The van der Waals surface area contributed by atoms with Gasteiger partial charge in [-0.2, -0.15) is 0 Å². The van der Waals surface area contributed by atoms with Gasteiger partial charge in [-0.15, -0.1) is 0 Å². The Hall–Kier alpha value is -1.63. The molecule has 7 heteroatoms. The van der Waals surface area contributed by atoms with Crippen LogP contribution in [-0.2, 0) is 14.3 Å². The van der Waals surface area contributed by atoms with Gasteiger partial charge in [0.25, 0.3) is 0 Å². The quantitative estimate of drug-likeness (QED) is 0.701. The van der Waals surface area contributed by atoms with Crippen molar-refractivity contribution in [3.63, 3.8) is 0 Å². The minimum absolute atomic E-state index is 0.0443. The van der Waals surface area contributed by atoms with E-state index in [2.05, 4.69) is 24.1 Å². The first-order chi connectivity index (χ1) is 14.0. The maximum atomic E-state index is 12.9. The first-order valence-corrected chi connectivity index (χ1v) is 11.1. The van der Waals surface area contributed by atoms with E-state index >= 15 is 0 Å². The molecule has 0 saturated carbocycles. The second-order valence-corrected chi connectivity index (χ2v) is 8.30. The van der Waals surface area contributed by atoms with E-state index in [4.69, 9.17) is 16.3 Å². The van der Waals surface area contributed by atoms with Gasteiger partial charge < -0.3 is 15.0 Å². The van der Waals surface area contributed by atoms with Crippen LogP contribution in [0.1, 0.15) is 33.1 Å². The van der Waals surface area contributed by atoms with Crippen molar-refractivity contribution in [3.8, 4) is 0 Å². The molecule has 1 aromatic carbocycles. The Balaban J connectivity index is 1.61. The third-order valence-corrected chi connectivity index (χ3v) is 6.55. The van der Waals surface area contributed by atoms with E-state index < -0.39 is 0 Å². The number of hydrogen-bond acceptors (Lipinski definition) is 4. The predicted molar refractivity (Wildman–Crippen MR) is 115 cm³/mol. The molecule has 29 heavy (non-hydrogen) atoms. The number of hydrogen-bond donors (Lipinski definition) is 1. The lowest BCUT2D eigenvalue weighted by molar-refractivity contribution is -0.126. The molecule has 0 radical (unpaired) electrons. The molecule has 1 aromatic rings. The van der Waals surface area contributed by atoms with Crippen molar-refractivity contribution in [1.29, 1.82) is 0 Å². The number of amides is 2. The number of anilines is 1. The Kier molecular flexibility index (Phi) is 7.92. The number of carbonyl (C=O) groups excluding carboxylic acids is 2. The summed E-state index contributed by atoms with van der Waals surface area (Å²) in [6.45, 7) is 8.70. The molecule has 2 aliphatic rings. The summed E-state index contributed by atoms with van der Waals surface area (Å²) in [4.78, 5) is 29.4. The van der Waals surface area contributed by atoms with Gasteiger partial charge in [-0.1, -0.05) is 50.4 Å². The van der Waals surface area contributed by atoms with Crippen molar-refractivity contribution in [3.05, 3.63) is 29.3 Å². The number of para-hydroxylation sites is 1. The fourth-order valence-corrected chi connectivity index (χ4v) is 4.71. The van der Waals surface area contributed by atoms with Gasteiger partial charge in [-0.25, -0.2) is 0 Å². The molecular formula is C22H32ClN3O3. The van der Waals surface area contributed by atoms with Crippen molar-refractivity contribution < 1.29 is 14.3 Å². The van der Waals surface area contributed by atoms with Crippen LogP contribution in [0.5, 0.6) is 0 Å². The van der Waals surface area contributed by atoms with Crippen molar-refractivity contribution >= 4 is 29.1 Å². The van der Waals surface area contributed by atoms with Gasteiger partial charge in [0.2, 0.25) is 11.8 Å². The van der Waals surface area contributed by atoms with E-state index in [9.17, 15) is 9.59 Å². The number of carbonyl (C=O) groups is 2. The van der Waals surface area contributed by atoms with Crippen LogP contribution in [-0.4, -0.2) is 62.1 Å². The minimum atomic E-state index is -0.342. The molecular weight excluding hydrogens is 390 g/mol. The van der Waals surface area contributed by atoms with E-state index in [1.54, 1.807) is 11.0 Å². The number of halogens is 1. The number of nitrogens with zero attached hydrogens (tertiary/aromatic N) is 2. The molecule has 2 heterocycles. The zero-order valence-corrected chi connectivity index (χ0v) is 18.2. The van der Waals surface area contributed by atoms with Gasteiger partial charge in [0.05, 0.1) is 29.8 Å². The second kappa shape index (κ2) is 10.4.